The number of benzene rings is 1. The van der Waals surface area contributed by atoms with E-state index in [9.17, 15) is 18.3 Å². The van der Waals surface area contributed by atoms with Crippen LogP contribution < -0.4 is 4.90 Å². The van der Waals surface area contributed by atoms with Crippen LogP contribution in [0.5, 0.6) is 0 Å². The number of hydrogen-bond donors (Lipinski definition) is 1. The van der Waals surface area contributed by atoms with E-state index in [1.165, 1.54) is 4.90 Å². The van der Waals surface area contributed by atoms with Gasteiger partial charge >= 0.3 is 6.18 Å². The lowest BCUT2D eigenvalue weighted by Gasteiger charge is -2.29. The highest BCUT2D eigenvalue weighted by Crippen LogP contribution is 2.28. The van der Waals surface area contributed by atoms with Gasteiger partial charge in [0.05, 0.1) is 5.60 Å². The number of aliphatic hydroxyl groups is 1. The van der Waals surface area contributed by atoms with Gasteiger partial charge in [0.15, 0.2) is 0 Å². The van der Waals surface area contributed by atoms with E-state index in [0.29, 0.717) is 6.54 Å². The Balaban J connectivity index is 2.33. The molecule has 1 heterocycles. The molecule has 0 aliphatic carbocycles. The molecule has 0 radical (unpaired) electrons. The molecule has 4 nitrogen and oxygen atoms in total. The van der Waals surface area contributed by atoms with Crippen LogP contribution in [0.2, 0.25) is 0 Å². The first-order valence-electron chi connectivity index (χ1n) is 7.07. The van der Waals surface area contributed by atoms with Crippen molar-refractivity contribution in [1.82, 2.24) is 9.97 Å². The third-order valence-corrected chi connectivity index (χ3v) is 3.01. The molecule has 0 saturated carbocycles. The van der Waals surface area contributed by atoms with Crippen molar-refractivity contribution < 1.29 is 18.3 Å². The maximum absolute atomic E-state index is 12.8. The van der Waals surface area contributed by atoms with E-state index >= 15 is 0 Å². The fourth-order valence-corrected chi connectivity index (χ4v) is 2.13. The smallest absolute Gasteiger partial charge is 0.389 e. The summed E-state index contributed by atoms with van der Waals surface area (Å²) < 4.78 is 38.5. The van der Waals surface area contributed by atoms with Crippen LogP contribution in [0.15, 0.2) is 42.6 Å². The number of nitrogens with zero attached hydrogens (tertiary/aromatic N) is 3. The summed E-state index contributed by atoms with van der Waals surface area (Å²) in [5.41, 5.74) is -1.22. The van der Waals surface area contributed by atoms with Crippen molar-refractivity contribution in [3.05, 3.63) is 53.9 Å². The van der Waals surface area contributed by atoms with Crippen molar-refractivity contribution in [2.45, 2.75) is 32.2 Å². The SMILES string of the molecule is CC(C)(O)CN(Cc1ccccc1)c1nccc(C(F)(F)F)n1. The van der Waals surface area contributed by atoms with Crippen molar-refractivity contribution in [2.75, 3.05) is 11.4 Å². The predicted octanol–water partition coefficient (Wildman–Crippen LogP) is 3.27. The van der Waals surface area contributed by atoms with E-state index in [0.717, 1.165) is 17.8 Å². The Morgan fingerprint density at radius 2 is 1.74 bits per heavy atom. The van der Waals surface area contributed by atoms with Crippen molar-refractivity contribution in [1.29, 1.82) is 0 Å². The summed E-state index contributed by atoms with van der Waals surface area (Å²) in [5, 5.41) is 10.0. The predicted molar refractivity (Wildman–Crippen MR) is 80.8 cm³/mol. The fourth-order valence-electron chi connectivity index (χ4n) is 2.13. The average Bonchev–Trinajstić information content (AvgIpc) is 2.45. The molecule has 2 rings (SSSR count). The standard InChI is InChI=1S/C16H18F3N3O/c1-15(2,23)11-22(10-12-6-4-3-5-7-12)14-20-9-8-13(21-14)16(17,18)19/h3-9,23H,10-11H2,1-2H3. The number of alkyl halides is 3. The molecule has 124 valence electrons. The Morgan fingerprint density at radius 3 is 2.30 bits per heavy atom. The third kappa shape index (κ3) is 5.21. The highest BCUT2D eigenvalue weighted by molar-refractivity contribution is 5.34. The van der Waals surface area contributed by atoms with Gasteiger partial charge in [-0.25, -0.2) is 9.97 Å². The number of rotatable bonds is 5. The van der Waals surface area contributed by atoms with E-state index < -0.39 is 17.5 Å². The third-order valence-electron chi connectivity index (χ3n) is 3.01. The van der Waals surface area contributed by atoms with Crippen molar-refractivity contribution in [3.8, 4) is 0 Å². The van der Waals surface area contributed by atoms with Crippen LogP contribution in [0.1, 0.15) is 25.1 Å². The first-order chi connectivity index (χ1) is 10.6. The second-order valence-electron chi connectivity index (χ2n) is 5.89. The molecule has 0 bridgehead atoms. The summed E-state index contributed by atoms with van der Waals surface area (Å²) in [6.07, 6.45) is -3.46. The van der Waals surface area contributed by atoms with Crippen LogP contribution in [0.25, 0.3) is 0 Å². The molecule has 0 fully saturated rings. The highest BCUT2D eigenvalue weighted by atomic mass is 19.4. The summed E-state index contributed by atoms with van der Waals surface area (Å²) in [7, 11) is 0. The summed E-state index contributed by atoms with van der Waals surface area (Å²) in [4.78, 5) is 9.07. The number of anilines is 1. The van der Waals surface area contributed by atoms with Crippen LogP contribution in [0.4, 0.5) is 19.1 Å². The first-order valence-corrected chi connectivity index (χ1v) is 7.07. The highest BCUT2D eigenvalue weighted by Gasteiger charge is 2.33. The zero-order valence-corrected chi connectivity index (χ0v) is 12.9. The van der Waals surface area contributed by atoms with Crippen LogP contribution in [0, 0.1) is 0 Å². The minimum atomic E-state index is -4.54. The summed E-state index contributed by atoms with van der Waals surface area (Å²) in [6.45, 7) is 3.56. The molecule has 0 atom stereocenters. The van der Waals surface area contributed by atoms with Gasteiger partial charge < -0.3 is 10.0 Å². The Hall–Kier alpha value is -2.15. The molecule has 1 aromatic carbocycles. The van der Waals surface area contributed by atoms with E-state index in [1.54, 1.807) is 13.8 Å². The molecule has 23 heavy (non-hydrogen) atoms. The topological polar surface area (TPSA) is 49.2 Å². The van der Waals surface area contributed by atoms with E-state index in [2.05, 4.69) is 9.97 Å². The number of aromatic nitrogens is 2. The molecule has 0 spiro atoms. The van der Waals surface area contributed by atoms with Crippen molar-refractivity contribution in [2.24, 2.45) is 0 Å². The quantitative estimate of drug-likeness (QED) is 0.916. The molecule has 0 aliphatic heterocycles. The first kappa shape index (κ1) is 17.2. The summed E-state index contributed by atoms with van der Waals surface area (Å²) in [6, 6.07) is 10.1. The maximum Gasteiger partial charge on any atom is 0.433 e. The lowest BCUT2D eigenvalue weighted by molar-refractivity contribution is -0.141. The van der Waals surface area contributed by atoms with Crippen molar-refractivity contribution >= 4 is 5.95 Å². The fraction of sp³-hybridized carbons (Fsp3) is 0.375. The van der Waals surface area contributed by atoms with Gasteiger partial charge in [-0.3, -0.25) is 0 Å². The minimum Gasteiger partial charge on any atom is -0.389 e. The van der Waals surface area contributed by atoms with E-state index in [-0.39, 0.29) is 12.5 Å². The summed E-state index contributed by atoms with van der Waals surface area (Å²) in [5.74, 6) is -0.0641. The van der Waals surface area contributed by atoms with Gasteiger partial charge in [0.25, 0.3) is 0 Å². The van der Waals surface area contributed by atoms with Crippen LogP contribution in [0.3, 0.4) is 0 Å². The van der Waals surface area contributed by atoms with E-state index in [1.807, 2.05) is 30.3 Å². The molecule has 1 N–H and O–H groups in total. The molecule has 0 amide bonds. The zero-order chi connectivity index (χ0) is 17.1. The normalized spacial score (nSPS) is 12.3. The van der Waals surface area contributed by atoms with Gasteiger partial charge in [0.1, 0.15) is 5.69 Å². The molecule has 0 saturated heterocycles. The van der Waals surface area contributed by atoms with E-state index in [4.69, 9.17) is 0 Å². The lowest BCUT2D eigenvalue weighted by atomic mass is 10.1. The molecule has 2 aromatic rings. The molecule has 0 aliphatic rings. The van der Waals surface area contributed by atoms with Gasteiger partial charge in [0, 0.05) is 19.3 Å². The Morgan fingerprint density at radius 1 is 1.09 bits per heavy atom. The van der Waals surface area contributed by atoms with Gasteiger partial charge in [-0.2, -0.15) is 13.2 Å². The van der Waals surface area contributed by atoms with Crippen LogP contribution >= 0.6 is 0 Å². The molecule has 7 heteroatoms. The van der Waals surface area contributed by atoms with Gasteiger partial charge in [-0.05, 0) is 25.5 Å². The second kappa shape index (κ2) is 6.54. The summed E-state index contributed by atoms with van der Waals surface area (Å²) >= 11 is 0. The Bertz CT molecular complexity index is 639. The molecular formula is C16H18F3N3O. The minimum absolute atomic E-state index is 0.0641. The zero-order valence-electron chi connectivity index (χ0n) is 12.9. The second-order valence-corrected chi connectivity index (χ2v) is 5.89. The van der Waals surface area contributed by atoms with Crippen molar-refractivity contribution in [3.63, 3.8) is 0 Å². The monoisotopic (exact) mass is 325 g/mol. The van der Waals surface area contributed by atoms with Gasteiger partial charge in [0.2, 0.25) is 5.95 Å². The molecule has 0 unspecified atom stereocenters. The molecular weight excluding hydrogens is 307 g/mol. The van der Waals surface area contributed by atoms with Crippen LogP contribution in [-0.4, -0.2) is 27.2 Å². The van der Waals surface area contributed by atoms with Gasteiger partial charge in [-0.1, -0.05) is 30.3 Å². The Labute approximate surface area is 132 Å². The number of halogens is 3. The Kier molecular flexibility index (Phi) is 4.89. The van der Waals surface area contributed by atoms with Gasteiger partial charge in [-0.15, -0.1) is 0 Å². The largest absolute Gasteiger partial charge is 0.433 e. The lowest BCUT2D eigenvalue weighted by Crippen LogP contribution is -2.39. The number of hydrogen-bond acceptors (Lipinski definition) is 4. The molecule has 1 aromatic heterocycles. The van der Waals surface area contributed by atoms with Crippen LogP contribution in [-0.2, 0) is 12.7 Å². The average molecular weight is 325 g/mol. The maximum atomic E-state index is 12.8.